The van der Waals surface area contributed by atoms with Crippen molar-refractivity contribution in [3.8, 4) is 0 Å². The SMILES string of the molecule is CCS(=O)(=O)c1nc(S(=O)(=O)c2ccc(C)cc2)c(N(C)Cc2ccccc2)s1. The Morgan fingerprint density at radius 3 is 2.17 bits per heavy atom. The van der Waals surface area contributed by atoms with Gasteiger partial charge < -0.3 is 4.90 Å². The van der Waals surface area contributed by atoms with Crippen molar-refractivity contribution in [2.75, 3.05) is 17.7 Å². The highest BCUT2D eigenvalue weighted by Crippen LogP contribution is 2.37. The van der Waals surface area contributed by atoms with E-state index in [-0.39, 0.29) is 20.0 Å². The molecule has 1 aromatic heterocycles. The Hall–Kier alpha value is -2.23. The number of nitrogens with zero attached hydrogens (tertiary/aromatic N) is 2. The molecule has 0 aliphatic rings. The van der Waals surface area contributed by atoms with Gasteiger partial charge in [-0.05, 0) is 24.6 Å². The lowest BCUT2D eigenvalue weighted by molar-refractivity contribution is 0.589. The molecule has 0 amide bonds. The van der Waals surface area contributed by atoms with Crippen LogP contribution < -0.4 is 4.90 Å². The molecule has 3 aromatic rings. The van der Waals surface area contributed by atoms with Crippen molar-refractivity contribution in [2.45, 2.75) is 34.7 Å². The van der Waals surface area contributed by atoms with E-state index in [1.165, 1.54) is 19.1 Å². The molecule has 0 bridgehead atoms. The van der Waals surface area contributed by atoms with Gasteiger partial charge >= 0.3 is 0 Å². The van der Waals surface area contributed by atoms with Gasteiger partial charge in [0.2, 0.25) is 24.0 Å². The van der Waals surface area contributed by atoms with Crippen LogP contribution in [-0.2, 0) is 26.2 Å². The third kappa shape index (κ3) is 4.52. The molecule has 0 N–H and O–H groups in total. The van der Waals surface area contributed by atoms with E-state index < -0.39 is 19.7 Å². The molecule has 29 heavy (non-hydrogen) atoms. The van der Waals surface area contributed by atoms with Gasteiger partial charge in [-0.3, -0.25) is 0 Å². The lowest BCUT2D eigenvalue weighted by atomic mass is 10.2. The second-order valence-corrected chi connectivity index (χ2v) is 11.9. The minimum atomic E-state index is -3.98. The summed E-state index contributed by atoms with van der Waals surface area (Å²) in [4.78, 5) is 5.90. The normalized spacial score (nSPS) is 12.1. The van der Waals surface area contributed by atoms with E-state index in [1.807, 2.05) is 37.3 Å². The lowest BCUT2D eigenvalue weighted by Gasteiger charge is -2.18. The largest absolute Gasteiger partial charge is 0.360 e. The smallest absolute Gasteiger partial charge is 0.226 e. The summed E-state index contributed by atoms with van der Waals surface area (Å²) in [5.74, 6) is -0.146. The first-order valence-corrected chi connectivity index (χ1v) is 12.9. The van der Waals surface area contributed by atoms with E-state index in [4.69, 9.17) is 0 Å². The molecule has 1 heterocycles. The predicted molar refractivity (Wildman–Crippen MR) is 115 cm³/mol. The lowest BCUT2D eigenvalue weighted by Crippen LogP contribution is -2.18. The van der Waals surface area contributed by atoms with Gasteiger partial charge in [0, 0.05) is 13.6 Å². The van der Waals surface area contributed by atoms with Gasteiger partial charge in [0.25, 0.3) is 0 Å². The van der Waals surface area contributed by atoms with Gasteiger partial charge in [-0.15, -0.1) is 0 Å². The van der Waals surface area contributed by atoms with E-state index in [0.717, 1.165) is 22.5 Å². The van der Waals surface area contributed by atoms with Crippen LogP contribution in [0.25, 0.3) is 0 Å². The summed E-state index contributed by atoms with van der Waals surface area (Å²) in [6, 6.07) is 16.0. The predicted octanol–water partition coefficient (Wildman–Crippen LogP) is 3.71. The minimum Gasteiger partial charge on any atom is -0.360 e. The number of hydrogen-bond acceptors (Lipinski definition) is 7. The fourth-order valence-electron chi connectivity index (χ4n) is 2.71. The van der Waals surface area contributed by atoms with E-state index in [1.54, 1.807) is 24.1 Å². The number of sulfone groups is 2. The third-order valence-electron chi connectivity index (χ3n) is 4.40. The molecule has 3 rings (SSSR count). The van der Waals surface area contributed by atoms with Crippen molar-refractivity contribution in [3.05, 3.63) is 65.7 Å². The zero-order valence-electron chi connectivity index (χ0n) is 16.4. The monoisotopic (exact) mass is 450 g/mol. The Morgan fingerprint density at radius 1 is 0.966 bits per heavy atom. The Morgan fingerprint density at radius 2 is 1.59 bits per heavy atom. The summed E-state index contributed by atoms with van der Waals surface area (Å²) in [7, 11) is -5.88. The highest BCUT2D eigenvalue weighted by atomic mass is 32.2. The van der Waals surface area contributed by atoms with Crippen molar-refractivity contribution in [3.63, 3.8) is 0 Å². The van der Waals surface area contributed by atoms with E-state index >= 15 is 0 Å². The first kappa shape index (κ1) is 21.5. The number of anilines is 1. The average molecular weight is 451 g/mol. The standard InChI is InChI=1S/C20H22N2O4S3/c1-4-28(23,24)20-21-18(29(25,26)17-12-10-15(2)11-13-17)19(27-20)22(3)14-16-8-6-5-7-9-16/h5-13H,4,14H2,1-3H3. The molecule has 2 aromatic carbocycles. The first-order valence-electron chi connectivity index (χ1n) is 8.95. The molecule has 0 unspecified atom stereocenters. The minimum absolute atomic E-state index is 0.0863. The van der Waals surface area contributed by atoms with Gasteiger partial charge in [-0.2, -0.15) is 0 Å². The van der Waals surface area contributed by atoms with Crippen LogP contribution in [0.2, 0.25) is 0 Å². The molecule has 0 atom stereocenters. The molecule has 0 aliphatic heterocycles. The molecule has 0 aliphatic carbocycles. The number of thiazole rings is 1. The summed E-state index contributed by atoms with van der Waals surface area (Å²) in [6.45, 7) is 3.80. The third-order valence-corrected chi connectivity index (χ3v) is 9.58. The van der Waals surface area contributed by atoms with Gasteiger partial charge in [0.15, 0.2) is 5.03 Å². The number of hydrogen-bond donors (Lipinski definition) is 0. The molecular formula is C20H22N2O4S3. The fraction of sp³-hybridized carbons (Fsp3) is 0.250. The quantitative estimate of drug-likeness (QED) is 0.546. The van der Waals surface area contributed by atoms with E-state index in [2.05, 4.69) is 4.98 Å². The topological polar surface area (TPSA) is 84.4 Å². The van der Waals surface area contributed by atoms with Crippen LogP contribution in [0.1, 0.15) is 18.1 Å². The zero-order chi connectivity index (χ0) is 21.2. The van der Waals surface area contributed by atoms with Crippen LogP contribution in [0.15, 0.2) is 68.9 Å². The maximum atomic E-state index is 13.3. The van der Waals surface area contributed by atoms with Crippen molar-refractivity contribution in [1.82, 2.24) is 4.98 Å². The van der Waals surface area contributed by atoms with Crippen molar-refractivity contribution in [2.24, 2.45) is 0 Å². The summed E-state index contributed by atoms with van der Waals surface area (Å²) in [5, 5.41) is 0.0817. The Balaban J connectivity index is 2.13. The molecule has 9 heteroatoms. The number of aryl methyl sites for hydroxylation is 1. The van der Waals surface area contributed by atoms with Crippen molar-refractivity contribution < 1.29 is 16.8 Å². The molecule has 0 radical (unpaired) electrons. The highest BCUT2D eigenvalue weighted by molar-refractivity contribution is 7.94. The van der Waals surface area contributed by atoms with Crippen molar-refractivity contribution >= 4 is 36.0 Å². The van der Waals surface area contributed by atoms with Crippen LogP contribution in [0.5, 0.6) is 0 Å². The van der Waals surface area contributed by atoms with Crippen LogP contribution in [0.3, 0.4) is 0 Å². The van der Waals surface area contributed by atoms with Gasteiger partial charge in [-0.1, -0.05) is 66.3 Å². The number of benzene rings is 2. The highest BCUT2D eigenvalue weighted by Gasteiger charge is 2.31. The van der Waals surface area contributed by atoms with Crippen LogP contribution in [-0.4, -0.2) is 34.6 Å². The average Bonchev–Trinajstić information content (AvgIpc) is 3.16. The fourth-order valence-corrected chi connectivity index (χ4v) is 6.83. The molecule has 0 fully saturated rings. The maximum absolute atomic E-state index is 13.3. The number of aromatic nitrogens is 1. The van der Waals surface area contributed by atoms with Gasteiger partial charge in [0.1, 0.15) is 5.00 Å². The molecule has 6 nitrogen and oxygen atoms in total. The summed E-state index contributed by atoms with van der Waals surface area (Å²) >= 11 is 0.891. The zero-order valence-corrected chi connectivity index (χ0v) is 18.8. The second kappa shape index (κ2) is 8.25. The first-order chi connectivity index (χ1) is 13.6. The summed E-state index contributed by atoms with van der Waals surface area (Å²) in [5.41, 5.74) is 1.90. The molecule has 0 spiro atoms. The van der Waals surface area contributed by atoms with E-state index in [9.17, 15) is 16.8 Å². The van der Waals surface area contributed by atoms with Crippen LogP contribution in [0, 0.1) is 6.92 Å². The Kier molecular flexibility index (Phi) is 6.11. The van der Waals surface area contributed by atoms with E-state index in [0.29, 0.717) is 11.5 Å². The molecule has 0 saturated heterocycles. The van der Waals surface area contributed by atoms with Crippen molar-refractivity contribution in [1.29, 1.82) is 0 Å². The maximum Gasteiger partial charge on any atom is 0.226 e. The summed E-state index contributed by atoms with van der Waals surface area (Å²) < 4.78 is 51.1. The molecule has 0 saturated carbocycles. The Bertz CT molecular complexity index is 1200. The van der Waals surface area contributed by atoms with Gasteiger partial charge in [0.05, 0.1) is 10.6 Å². The van der Waals surface area contributed by atoms with Crippen LogP contribution >= 0.6 is 11.3 Å². The number of rotatable bonds is 7. The Labute approximate surface area is 175 Å². The molecular weight excluding hydrogens is 428 g/mol. The summed E-state index contributed by atoms with van der Waals surface area (Å²) in [6.07, 6.45) is 0. The van der Waals surface area contributed by atoms with Crippen LogP contribution in [0.4, 0.5) is 5.00 Å². The second-order valence-electron chi connectivity index (χ2n) is 6.65. The molecule has 154 valence electrons. The van der Waals surface area contributed by atoms with Gasteiger partial charge in [-0.25, -0.2) is 21.8 Å².